The maximum absolute atomic E-state index is 12.1. The van der Waals surface area contributed by atoms with Crippen LogP contribution in [0.1, 0.15) is 16.8 Å². The number of carbonyl (C=O) groups is 3. The Morgan fingerprint density at radius 1 is 1.38 bits per heavy atom. The quantitative estimate of drug-likeness (QED) is 0.448. The lowest BCUT2D eigenvalue weighted by Gasteiger charge is -2.28. The number of nitrogens with zero attached hydrogens (tertiary/aromatic N) is 2. The first kappa shape index (κ1) is 13.7. The molecule has 8 heteroatoms. The van der Waals surface area contributed by atoms with Gasteiger partial charge in [-0.05, 0) is 12.1 Å². The van der Waals surface area contributed by atoms with Crippen LogP contribution in [0.3, 0.4) is 0 Å². The molecule has 2 fully saturated rings. The molecule has 110 valence electrons. The van der Waals surface area contributed by atoms with E-state index in [0.29, 0.717) is 25.2 Å². The van der Waals surface area contributed by atoms with E-state index in [1.54, 1.807) is 23.2 Å². The first-order valence-electron chi connectivity index (χ1n) is 6.65. The molecular formula is C13H15N5O3. The lowest BCUT2D eigenvalue weighted by Crippen LogP contribution is -2.57. The molecule has 2 saturated heterocycles. The number of hydrogen-bond acceptors (Lipinski definition) is 6. The Morgan fingerprint density at radius 2 is 2.24 bits per heavy atom. The molecule has 0 aromatic carbocycles. The van der Waals surface area contributed by atoms with Crippen molar-refractivity contribution < 1.29 is 14.4 Å². The first-order chi connectivity index (χ1) is 10.1. The van der Waals surface area contributed by atoms with Gasteiger partial charge in [-0.2, -0.15) is 0 Å². The Balaban J connectivity index is 1.59. The minimum atomic E-state index is -0.842. The first-order valence-corrected chi connectivity index (χ1v) is 6.65. The van der Waals surface area contributed by atoms with Crippen LogP contribution in [0.2, 0.25) is 0 Å². The second kappa shape index (κ2) is 5.58. The Hall–Kier alpha value is -2.32. The lowest BCUT2D eigenvalue weighted by molar-refractivity contribution is -0.137. The molecule has 3 N–H and O–H groups in total. The van der Waals surface area contributed by atoms with Gasteiger partial charge in [0.1, 0.15) is 0 Å². The second-order valence-corrected chi connectivity index (χ2v) is 5.09. The fourth-order valence-electron chi connectivity index (χ4n) is 2.62. The Bertz CT molecular complexity index is 576. The molecule has 2 aliphatic rings. The maximum atomic E-state index is 12.1. The number of piperidine rings is 1. The van der Waals surface area contributed by atoms with Crippen molar-refractivity contribution >= 4 is 17.6 Å². The predicted octanol–water partition coefficient (Wildman–Crippen LogP) is -1.58. The summed E-state index contributed by atoms with van der Waals surface area (Å²) in [6.07, 6.45) is 3.28. The number of hydrazine groups is 1. The normalized spacial score (nSPS) is 27.2. The average molecular weight is 289 g/mol. The molecule has 0 radical (unpaired) electrons. The van der Waals surface area contributed by atoms with Gasteiger partial charge < -0.3 is 0 Å². The second-order valence-electron chi connectivity index (χ2n) is 5.09. The Kier molecular flexibility index (Phi) is 3.63. The van der Waals surface area contributed by atoms with Crippen LogP contribution in [-0.4, -0.2) is 52.8 Å². The summed E-state index contributed by atoms with van der Waals surface area (Å²) in [6.45, 7) is 1.17. The van der Waals surface area contributed by atoms with Crippen molar-refractivity contribution in [1.29, 1.82) is 0 Å². The van der Waals surface area contributed by atoms with E-state index < -0.39 is 17.9 Å². The van der Waals surface area contributed by atoms with Crippen molar-refractivity contribution in [2.24, 2.45) is 0 Å². The summed E-state index contributed by atoms with van der Waals surface area (Å²) >= 11 is 0. The van der Waals surface area contributed by atoms with Crippen LogP contribution in [0.5, 0.6) is 0 Å². The number of carbonyl (C=O) groups excluding carboxylic acids is 3. The molecule has 0 saturated carbocycles. The molecule has 3 heterocycles. The van der Waals surface area contributed by atoms with Gasteiger partial charge in [-0.25, -0.2) is 0 Å². The van der Waals surface area contributed by atoms with Crippen molar-refractivity contribution in [2.45, 2.75) is 18.5 Å². The summed E-state index contributed by atoms with van der Waals surface area (Å²) in [5, 5.41) is 3.15. The van der Waals surface area contributed by atoms with E-state index in [-0.39, 0.29) is 11.8 Å². The van der Waals surface area contributed by atoms with Gasteiger partial charge in [-0.15, -0.1) is 0 Å². The Morgan fingerprint density at radius 3 is 3.00 bits per heavy atom. The number of ketones is 1. The van der Waals surface area contributed by atoms with Gasteiger partial charge in [0.25, 0.3) is 11.8 Å². The molecule has 8 nitrogen and oxygen atoms in total. The number of aromatic nitrogens is 1. The molecule has 2 bridgehead atoms. The van der Waals surface area contributed by atoms with E-state index in [9.17, 15) is 14.4 Å². The highest BCUT2D eigenvalue weighted by Gasteiger charge is 2.43. The highest BCUT2D eigenvalue weighted by molar-refractivity contribution is 6.07. The molecular weight excluding hydrogens is 274 g/mol. The van der Waals surface area contributed by atoms with Gasteiger partial charge >= 0.3 is 0 Å². The smallest absolute Gasteiger partial charge is 0.271 e. The third-order valence-electron chi connectivity index (χ3n) is 3.63. The van der Waals surface area contributed by atoms with Gasteiger partial charge in [-0.1, -0.05) is 0 Å². The monoisotopic (exact) mass is 289 g/mol. The van der Waals surface area contributed by atoms with Crippen LogP contribution >= 0.6 is 0 Å². The number of rotatable bonds is 2. The molecule has 0 spiro atoms. The number of fused-ring (bicyclic) bond motifs is 2. The van der Waals surface area contributed by atoms with E-state index in [2.05, 4.69) is 21.2 Å². The zero-order chi connectivity index (χ0) is 14.8. The fourth-order valence-corrected chi connectivity index (χ4v) is 2.62. The lowest BCUT2D eigenvalue weighted by atomic mass is 9.99. The van der Waals surface area contributed by atoms with E-state index >= 15 is 0 Å². The standard InChI is InChI=1S/C13H15N5O3/c19-10-4-9-6-18(7-15-9)11(10)13(21)17-16-12(20)8-2-1-3-14-5-8/h1-3,5,9,11,15H,4,6-7H2,(H,16,20)(H,17,21). The van der Waals surface area contributed by atoms with Gasteiger partial charge in [-0.3, -0.25) is 40.4 Å². The SMILES string of the molecule is O=C(NNC(=O)C1C(=O)CC2CN1CN2)c1cccnc1. The van der Waals surface area contributed by atoms with E-state index in [0.717, 1.165) is 0 Å². The summed E-state index contributed by atoms with van der Waals surface area (Å²) in [5.74, 6) is -1.12. The zero-order valence-corrected chi connectivity index (χ0v) is 11.2. The topological polar surface area (TPSA) is 103 Å². The summed E-state index contributed by atoms with van der Waals surface area (Å²) in [6, 6.07) is 2.49. The van der Waals surface area contributed by atoms with Crippen LogP contribution in [0.4, 0.5) is 0 Å². The summed E-state index contributed by atoms with van der Waals surface area (Å²) in [5.41, 5.74) is 4.93. The van der Waals surface area contributed by atoms with Gasteiger partial charge in [0, 0.05) is 38.1 Å². The van der Waals surface area contributed by atoms with Gasteiger partial charge in [0.15, 0.2) is 11.8 Å². The van der Waals surface area contributed by atoms with Crippen molar-refractivity contribution in [1.82, 2.24) is 26.1 Å². The van der Waals surface area contributed by atoms with Crippen molar-refractivity contribution in [3.8, 4) is 0 Å². The molecule has 2 aliphatic heterocycles. The highest BCUT2D eigenvalue weighted by Crippen LogP contribution is 2.18. The molecule has 3 rings (SSSR count). The maximum Gasteiger partial charge on any atom is 0.271 e. The van der Waals surface area contributed by atoms with Crippen LogP contribution in [-0.2, 0) is 9.59 Å². The van der Waals surface area contributed by atoms with E-state index in [4.69, 9.17) is 0 Å². The van der Waals surface area contributed by atoms with E-state index in [1.165, 1.54) is 6.20 Å². The van der Waals surface area contributed by atoms with Crippen molar-refractivity contribution in [2.75, 3.05) is 13.2 Å². The minimum Gasteiger partial charge on any atom is -0.300 e. The minimum absolute atomic E-state index is 0.131. The zero-order valence-electron chi connectivity index (χ0n) is 11.2. The summed E-state index contributed by atoms with van der Waals surface area (Å²) < 4.78 is 0. The Labute approximate surface area is 120 Å². The molecule has 2 amide bonds. The molecule has 21 heavy (non-hydrogen) atoms. The number of hydrogen-bond donors (Lipinski definition) is 3. The molecule has 0 aliphatic carbocycles. The van der Waals surface area contributed by atoms with Gasteiger partial charge in [0.05, 0.1) is 5.56 Å². The largest absolute Gasteiger partial charge is 0.300 e. The number of nitrogens with one attached hydrogen (secondary N) is 3. The van der Waals surface area contributed by atoms with Crippen LogP contribution in [0.15, 0.2) is 24.5 Å². The third kappa shape index (κ3) is 2.76. The molecule has 1 aromatic rings. The average Bonchev–Trinajstić information content (AvgIpc) is 2.87. The summed E-state index contributed by atoms with van der Waals surface area (Å²) in [7, 11) is 0. The van der Waals surface area contributed by atoms with Crippen molar-refractivity contribution in [3.05, 3.63) is 30.1 Å². The molecule has 1 aromatic heterocycles. The number of amides is 2. The third-order valence-corrected chi connectivity index (χ3v) is 3.63. The number of Topliss-reactive ketones (excluding diaryl/α,β-unsaturated/α-hetero) is 1. The number of pyridine rings is 1. The highest BCUT2D eigenvalue weighted by atomic mass is 16.2. The van der Waals surface area contributed by atoms with E-state index in [1.807, 2.05) is 0 Å². The van der Waals surface area contributed by atoms with Crippen LogP contribution < -0.4 is 16.2 Å². The van der Waals surface area contributed by atoms with Gasteiger partial charge in [0.2, 0.25) is 0 Å². The fraction of sp³-hybridized carbons (Fsp3) is 0.385. The van der Waals surface area contributed by atoms with Crippen LogP contribution in [0.25, 0.3) is 0 Å². The summed E-state index contributed by atoms with van der Waals surface area (Å²) in [4.78, 5) is 41.4. The van der Waals surface area contributed by atoms with Crippen molar-refractivity contribution in [3.63, 3.8) is 0 Å². The predicted molar refractivity (Wildman–Crippen MR) is 71.8 cm³/mol. The molecule has 3 atom stereocenters. The van der Waals surface area contributed by atoms with Crippen LogP contribution in [0, 0.1) is 0 Å². The molecule has 3 unspecified atom stereocenters.